The highest BCUT2D eigenvalue weighted by atomic mass is 16.5. The van der Waals surface area contributed by atoms with Crippen LogP contribution in [-0.4, -0.2) is 17.1 Å². The summed E-state index contributed by atoms with van der Waals surface area (Å²) in [4.78, 5) is 4.24. The van der Waals surface area contributed by atoms with Gasteiger partial charge in [-0.15, -0.1) is 0 Å². The summed E-state index contributed by atoms with van der Waals surface area (Å²) in [5.74, 6) is 1.72. The first-order valence-corrected chi connectivity index (χ1v) is 8.03. The smallest absolute Gasteiger partial charge is 0.127 e. The van der Waals surface area contributed by atoms with Crippen molar-refractivity contribution in [3.8, 4) is 5.75 Å². The van der Waals surface area contributed by atoms with Crippen molar-refractivity contribution in [1.29, 1.82) is 0 Å². The van der Waals surface area contributed by atoms with Crippen molar-refractivity contribution < 1.29 is 4.74 Å². The van der Waals surface area contributed by atoms with Crippen LogP contribution in [0.15, 0.2) is 18.5 Å². The first-order valence-electron chi connectivity index (χ1n) is 8.03. The molecule has 112 valence electrons. The van der Waals surface area contributed by atoms with E-state index in [0.29, 0.717) is 18.1 Å². The number of hydrogen-bond acceptors (Lipinski definition) is 3. The third-order valence-electron chi connectivity index (χ3n) is 4.20. The van der Waals surface area contributed by atoms with Crippen LogP contribution in [-0.2, 0) is 6.54 Å². The summed E-state index contributed by atoms with van der Waals surface area (Å²) in [7, 11) is 0. The van der Waals surface area contributed by atoms with Gasteiger partial charge in [0.25, 0.3) is 0 Å². The largest absolute Gasteiger partial charge is 0.490 e. The van der Waals surface area contributed by atoms with E-state index in [1.54, 1.807) is 0 Å². The minimum Gasteiger partial charge on any atom is -0.490 e. The molecule has 0 aromatic carbocycles. The molecule has 1 heterocycles. The van der Waals surface area contributed by atoms with Gasteiger partial charge in [0.05, 0.1) is 0 Å². The second-order valence-corrected chi connectivity index (χ2v) is 6.13. The molecule has 1 fully saturated rings. The molecule has 1 aliphatic carbocycles. The molecule has 3 nitrogen and oxygen atoms in total. The van der Waals surface area contributed by atoms with E-state index in [-0.39, 0.29) is 0 Å². The van der Waals surface area contributed by atoms with E-state index in [2.05, 4.69) is 31.1 Å². The monoisotopic (exact) mass is 276 g/mol. The first-order chi connectivity index (χ1) is 9.70. The second-order valence-electron chi connectivity index (χ2n) is 6.13. The van der Waals surface area contributed by atoms with Crippen LogP contribution in [0, 0.1) is 5.92 Å². The average Bonchev–Trinajstić information content (AvgIpc) is 2.47. The van der Waals surface area contributed by atoms with Gasteiger partial charge in [0.2, 0.25) is 0 Å². The quantitative estimate of drug-likeness (QED) is 0.855. The van der Waals surface area contributed by atoms with E-state index >= 15 is 0 Å². The van der Waals surface area contributed by atoms with E-state index in [4.69, 9.17) is 4.74 Å². The fraction of sp³-hybridized carbons (Fsp3) is 0.706. The predicted molar refractivity (Wildman–Crippen MR) is 82.9 cm³/mol. The number of rotatable bonds is 6. The van der Waals surface area contributed by atoms with Crippen molar-refractivity contribution in [3.63, 3.8) is 0 Å². The lowest BCUT2D eigenvalue weighted by Gasteiger charge is -2.31. The molecule has 0 saturated heterocycles. The number of hydrogen-bond donors (Lipinski definition) is 1. The number of nitrogens with one attached hydrogen (secondary N) is 1. The molecule has 2 rings (SSSR count). The van der Waals surface area contributed by atoms with E-state index < -0.39 is 0 Å². The van der Waals surface area contributed by atoms with Crippen molar-refractivity contribution >= 4 is 0 Å². The minimum atomic E-state index is 0.383. The number of nitrogens with zero attached hydrogens (tertiary/aromatic N) is 1. The van der Waals surface area contributed by atoms with Crippen molar-refractivity contribution in [3.05, 3.63) is 24.0 Å². The van der Waals surface area contributed by atoms with Crippen LogP contribution in [0.5, 0.6) is 5.75 Å². The first kappa shape index (κ1) is 15.3. The summed E-state index contributed by atoms with van der Waals surface area (Å²) < 4.78 is 6.34. The highest BCUT2D eigenvalue weighted by Gasteiger charge is 2.25. The summed E-state index contributed by atoms with van der Waals surface area (Å²) in [6.07, 6.45) is 10.5. The molecule has 20 heavy (non-hydrogen) atoms. The second kappa shape index (κ2) is 7.63. The predicted octanol–water partition coefficient (Wildman–Crippen LogP) is 3.93. The molecule has 0 spiro atoms. The van der Waals surface area contributed by atoms with Crippen molar-refractivity contribution in [2.75, 3.05) is 0 Å². The topological polar surface area (TPSA) is 34.1 Å². The molecule has 2 unspecified atom stereocenters. The Kier molecular flexibility index (Phi) is 5.84. The summed E-state index contributed by atoms with van der Waals surface area (Å²) in [6.45, 7) is 7.42. The number of pyridine rings is 1. The van der Waals surface area contributed by atoms with E-state index in [9.17, 15) is 0 Å². The Hall–Kier alpha value is -1.09. The zero-order valence-electron chi connectivity index (χ0n) is 13.1. The Bertz CT molecular complexity index is 406. The Balaban J connectivity index is 2.03. The molecular weight excluding hydrogens is 248 g/mol. The standard InChI is InChI=1S/C17H28N2O/c1-4-14-7-5-6-8-16(14)20-17-9-10-18-11-15(17)12-19-13(2)3/h9-11,13-14,16,19H,4-8,12H2,1-3H3. The van der Waals surface area contributed by atoms with Crippen molar-refractivity contribution in [2.24, 2.45) is 5.92 Å². The SMILES string of the molecule is CCC1CCCCC1Oc1ccncc1CNC(C)C. The van der Waals surface area contributed by atoms with Crippen molar-refractivity contribution in [1.82, 2.24) is 10.3 Å². The van der Waals surface area contributed by atoms with Gasteiger partial charge in [-0.2, -0.15) is 0 Å². The highest BCUT2D eigenvalue weighted by molar-refractivity contribution is 5.30. The van der Waals surface area contributed by atoms with Crippen LogP contribution in [0.4, 0.5) is 0 Å². The van der Waals surface area contributed by atoms with Gasteiger partial charge < -0.3 is 10.1 Å². The van der Waals surface area contributed by atoms with Gasteiger partial charge in [0.15, 0.2) is 0 Å². The lowest BCUT2D eigenvalue weighted by atomic mass is 9.85. The summed E-state index contributed by atoms with van der Waals surface area (Å²) >= 11 is 0. The van der Waals surface area contributed by atoms with Crippen LogP contribution in [0.1, 0.15) is 58.4 Å². The maximum atomic E-state index is 6.34. The fourth-order valence-corrected chi connectivity index (χ4v) is 2.94. The molecule has 1 saturated carbocycles. The van der Waals surface area contributed by atoms with E-state index in [0.717, 1.165) is 12.3 Å². The van der Waals surface area contributed by atoms with Gasteiger partial charge in [-0.1, -0.05) is 27.2 Å². The summed E-state index contributed by atoms with van der Waals surface area (Å²) in [5, 5.41) is 3.44. The molecule has 0 radical (unpaired) electrons. The Morgan fingerprint density at radius 2 is 2.15 bits per heavy atom. The van der Waals surface area contributed by atoms with E-state index in [1.165, 1.54) is 37.7 Å². The summed E-state index contributed by atoms with van der Waals surface area (Å²) in [6, 6.07) is 2.49. The molecule has 1 aromatic rings. The molecule has 0 aliphatic heterocycles. The lowest BCUT2D eigenvalue weighted by Crippen LogP contribution is -2.30. The Morgan fingerprint density at radius 1 is 1.35 bits per heavy atom. The van der Waals surface area contributed by atoms with Crippen LogP contribution in [0.3, 0.4) is 0 Å². The Morgan fingerprint density at radius 3 is 2.90 bits per heavy atom. The number of aromatic nitrogens is 1. The number of ether oxygens (including phenoxy) is 1. The molecule has 2 atom stereocenters. The van der Waals surface area contributed by atoms with Crippen LogP contribution in [0.2, 0.25) is 0 Å². The fourth-order valence-electron chi connectivity index (χ4n) is 2.94. The zero-order valence-corrected chi connectivity index (χ0v) is 13.1. The molecule has 1 N–H and O–H groups in total. The normalized spacial score (nSPS) is 23.0. The zero-order chi connectivity index (χ0) is 14.4. The minimum absolute atomic E-state index is 0.383. The summed E-state index contributed by atoms with van der Waals surface area (Å²) in [5.41, 5.74) is 1.17. The van der Waals surface area contributed by atoms with Gasteiger partial charge >= 0.3 is 0 Å². The van der Waals surface area contributed by atoms with Gasteiger partial charge in [-0.3, -0.25) is 4.98 Å². The van der Waals surface area contributed by atoms with Crippen molar-refractivity contribution in [2.45, 2.75) is 71.6 Å². The molecule has 0 amide bonds. The molecular formula is C17H28N2O. The third kappa shape index (κ3) is 4.20. The maximum Gasteiger partial charge on any atom is 0.127 e. The van der Waals surface area contributed by atoms with Crippen LogP contribution < -0.4 is 10.1 Å². The highest BCUT2D eigenvalue weighted by Crippen LogP contribution is 2.31. The maximum absolute atomic E-state index is 6.34. The van der Waals surface area contributed by atoms with Crippen LogP contribution in [0.25, 0.3) is 0 Å². The van der Waals surface area contributed by atoms with Gasteiger partial charge in [-0.25, -0.2) is 0 Å². The molecule has 0 bridgehead atoms. The van der Waals surface area contributed by atoms with Gasteiger partial charge in [-0.05, 0) is 37.7 Å². The molecule has 1 aliphatic rings. The third-order valence-corrected chi connectivity index (χ3v) is 4.20. The van der Waals surface area contributed by atoms with Gasteiger partial charge in [0, 0.05) is 30.5 Å². The van der Waals surface area contributed by atoms with E-state index in [1.807, 2.05) is 18.5 Å². The van der Waals surface area contributed by atoms with Gasteiger partial charge in [0.1, 0.15) is 11.9 Å². The average molecular weight is 276 g/mol. The molecule has 1 aromatic heterocycles. The lowest BCUT2D eigenvalue weighted by molar-refractivity contribution is 0.0891. The molecule has 3 heteroatoms. The Labute approximate surface area is 123 Å². The van der Waals surface area contributed by atoms with Crippen LogP contribution >= 0.6 is 0 Å².